The zero-order valence-corrected chi connectivity index (χ0v) is 13.3. The molecule has 0 bridgehead atoms. The van der Waals surface area contributed by atoms with Crippen molar-refractivity contribution in [2.45, 2.75) is 64.9 Å². The molecule has 0 aromatic heterocycles. The molecular formula is C16H34N2O. The van der Waals surface area contributed by atoms with Crippen molar-refractivity contribution in [3.8, 4) is 0 Å². The normalized spacial score (nSPS) is 19.3. The Hall–Kier alpha value is -0.120. The Bertz CT molecular complexity index is 223. The Labute approximate surface area is 120 Å². The molecule has 1 aliphatic rings. The molecule has 0 atom stereocenters. The van der Waals surface area contributed by atoms with Gasteiger partial charge in [0.1, 0.15) is 0 Å². The molecule has 0 aromatic carbocycles. The van der Waals surface area contributed by atoms with Gasteiger partial charge in [-0.05, 0) is 52.0 Å². The summed E-state index contributed by atoms with van der Waals surface area (Å²) in [6, 6.07) is 0. The first-order valence-electron chi connectivity index (χ1n) is 8.30. The van der Waals surface area contributed by atoms with Crippen molar-refractivity contribution in [2.75, 3.05) is 39.3 Å². The summed E-state index contributed by atoms with van der Waals surface area (Å²) in [5.74, 6) is 0. The van der Waals surface area contributed by atoms with Gasteiger partial charge in [0.05, 0.1) is 5.60 Å². The second kappa shape index (κ2) is 8.93. The molecule has 0 heterocycles. The lowest BCUT2D eigenvalue weighted by molar-refractivity contribution is -0.0257. The maximum absolute atomic E-state index is 10.6. The van der Waals surface area contributed by atoms with Gasteiger partial charge in [-0.2, -0.15) is 0 Å². The fourth-order valence-electron chi connectivity index (χ4n) is 3.19. The van der Waals surface area contributed by atoms with Gasteiger partial charge in [-0.25, -0.2) is 0 Å². The van der Waals surface area contributed by atoms with Crippen LogP contribution >= 0.6 is 0 Å². The number of hydrogen-bond donors (Lipinski definition) is 1. The van der Waals surface area contributed by atoms with Crippen molar-refractivity contribution in [3.63, 3.8) is 0 Å². The minimum absolute atomic E-state index is 0.399. The van der Waals surface area contributed by atoms with Crippen LogP contribution in [-0.4, -0.2) is 59.8 Å². The molecule has 3 nitrogen and oxygen atoms in total. The predicted molar refractivity (Wildman–Crippen MR) is 82.6 cm³/mol. The van der Waals surface area contributed by atoms with E-state index in [1.807, 2.05) is 0 Å². The van der Waals surface area contributed by atoms with Crippen molar-refractivity contribution < 1.29 is 5.11 Å². The van der Waals surface area contributed by atoms with E-state index < -0.39 is 5.60 Å². The van der Waals surface area contributed by atoms with Crippen LogP contribution in [0.4, 0.5) is 0 Å². The van der Waals surface area contributed by atoms with Gasteiger partial charge in [0.25, 0.3) is 0 Å². The lowest BCUT2D eigenvalue weighted by atomic mass is 9.84. The van der Waals surface area contributed by atoms with E-state index in [0.717, 1.165) is 45.6 Å². The summed E-state index contributed by atoms with van der Waals surface area (Å²) in [6.07, 6.45) is 6.92. The molecule has 0 unspecified atom stereocenters. The molecule has 0 saturated heterocycles. The zero-order chi connectivity index (χ0) is 14.1. The molecule has 0 radical (unpaired) electrons. The van der Waals surface area contributed by atoms with Gasteiger partial charge >= 0.3 is 0 Å². The van der Waals surface area contributed by atoms with E-state index in [9.17, 15) is 5.11 Å². The first-order valence-corrected chi connectivity index (χ1v) is 8.30. The fraction of sp³-hybridized carbons (Fsp3) is 1.00. The van der Waals surface area contributed by atoms with Crippen LogP contribution in [0.5, 0.6) is 0 Å². The van der Waals surface area contributed by atoms with Gasteiger partial charge in [-0.1, -0.05) is 40.0 Å². The monoisotopic (exact) mass is 270 g/mol. The predicted octanol–water partition coefficient (Wildman–Crippen LogP) is 2.74. The molecule has 1 saturated carbocycles. The van der Waals surface area contributed by atoms with Crippen molar-refractivity contribution in [1.82, 2.24) is 9.80 Å². The highest BCUT2D eigenvalue weighted by molar-refractivity contribution is 4.85. The van der Waals surface area contributed by atoms with Crippen LogP contribution in [0.15, 0.2) is 0 Å². The Morgan fingerprint density at radius 2 is 1.37 bits per heavy atom. The van der Waals surface area contributed by atoms with Crippen LogP contribution < -0.4 is 0 Å². The topological polar surface area (TPSA) is 26.7 Å². The molecule has 114 valence electrons. The average Bonchev–Trinajstić information content (AvgIpc) is 2.43. The van der Waals surface area contributed by atoms with Crippen LogP contribution in [0.3, 0.4) is 0 Å². The van der Waals surface area contributed by atoms with Gasteiger partial charge in [0.15, 0.2) is 0 Å². The summed E-state index contributed by atoms with van der Waals surface area (Å²) in [6.45, 7) is 13.2. The van der Waals surface area contributed by atoms with Crippen molar-refractivity contribution in [2.24, 2.45) is 0 Å². The summed E-state index contributed by atoms with van der Waals surface area (Å²) >= 11 is 0. The molecule has 0 amide bonds. The minimum atomic E-state index is -0.399. The molecule has 1 N–H and O–H groups in total. The number of rotatable bonds is 9. The van der Waals surface area contributed by atoms with Crippen molar-refractivity contribution >= 4 is 0 Å². The molecule has 3 heteroatoms. The van der Waals surface area contributed by atoms with Gasteiger partial charge in [-0.15, -0.1) is 0 Å². The second-order valence-corrected chi connectivity index (χ2v) is 6.03. The first kappa shape index (κ1) is 16.9. The third-order valence-corrected chi connectivity index (χ3v) is 4.59. The van der Waals surface area contributed by atoms with Crippen LogP contribution in [-0.2, 0) is 0 Å². The highest BCUT2D eigenvalue weighted by Gasteiger charge is 2.30. The SMILES string of the molecule is CCN(CC)CCCN(CC)CC1(O)CCCCC1. The van der Waals surface area contributed by atoms with E-state index in [1.165, 1.54) is 32.2 Å². The molecule has 1 aliphatic carbocycles. The van der Waals surface area contributed by atoms with E-state index in [2.05, 4.69) is 30.6 Å². The van der Waals surface area contributed by atoms with E-state index >= 15 is 0 Å². The van der Waals surface area contributed by atoms with Crippen LogP contribution in [0.1, 0.15) is 59.3 Å². The van der Waals surface area contributed by atoms with E-state index in [1.54, 1.807) is 0 Å². The highest BCUT2D eigenvalue weighted by Crippen LogP contribution is 2.28. The summed E-state index contributed by atoms with van der Waals surface area (Å²) in [7, 11) is 0. The average molecular weight is 270 g/mol. The first-order chi connectivity index (χ1) is 9.13. The Morgan fingerprint density at radius 1 is 0.842 bits per heavy atom. The van der Waals surface area contributed by atoms with Gasteiger partial charge in [0, 0.05) is 6.54 Å². The number of nitrogens with zero attached hydrogens (tertiary/aromatic N) is 2. The molecule has 1 fully saturated rings. The Balaban J connectivity index is 2.28. The third kappa shape index (κ3) is 6.24. The summed E-state index contributed by atoms with van der Waals surface area (Å²) in [5, 5.41) is 10.6. The van der Waals surface area contributed by atoms with Crippen LogP contribution in [0.25, 0.3) is 0 Å². The lowest BCUT2D eigenvalue weighted by Crippen LogP contribution is -2.45. The number of likely N-dealkylation sites (N-methyl/N-ethyl adjacent to an activating group) is 1. The summed E-state index contributed by atoms with van der Waals surface area (Å²) in [4.78, 5) is 4.91. The maximum Gasteiger partial charge on any atom is 0.0774 e. The van der Waals surface area contributed by atoms with Crippen LogP contribution in [0.2, 0.25) is 0 Å². The third-order valence-electron chi connectivity index (χ3n) is 4.59. The summed E-state index contributed by atoms with van der Waals surface area (Å²) in [5.41, 5.74) is -0.399. The maximum atomic E-state index is 10.6. The van der Waals surface area contributed by atoms with E-state index in [-0.39, 0.29) is 0 Å². The van der Waals surface area contributed by atoms with Gasteiger partial charge < -0.3 is 14.9 Å². The van der Waals surface area contributed by atoms with Gasteiger partial charge in [-0.3, -0.25) is 0 Å². The second-order valence-electron chi connectivity index (χ2n) is 6.03. The zero-order valence-electron chi connectivity index (χ0n) is 13.3. The van der Waals surface area contributed by atoms with Crippen molar-refractivity contribution in [1.29, 1.82) is 0 Å². The highest BCUT2D eigenvalue weighted by atomic mass is 16.3. The van der Waals surface area contributed by atoms with E-state index in [0.29, 0.717) is 0 Å². The molecule has 1 rings (SSSR count). The summed E-state index contributed by atoms with van der Waals surface area (Å²) < 4.78 is 0. The molecular weight excluding hydrogens is 236 g/mol. The minimum Gasteiger partial charge on any atom is -0.389 e. The Kier molecular flexibility index (Phi) is 7.96. The van der Waals surface area contributed by atoms with Crippen LogP contribution in [0, 0.1) is 0 Å². The molecule has 0 aliphatic heterocycles. The number of hydrogen-bond acceptors (Lipinski definition) is 3. The van der Waals surface area contributed by atoms with Gasteiger partial charge in [0.2, 0.25) is 0 Å². The van der Waals surface area contributed by atoms with E-state index in [4.69, 9.17) is 0 Å². The Morgan fingerprint density at radius 3 is 1.89 bits per heavy atom. The largest absolute Gasteiger partial charge is 0.389 e. The van der Waals surface area contributed by atoms with Crippen molar-refractivity contribution in [3.05, 3.63) is 0 Å². The smallest absolute Gasteiger partial charge is 0.0774 e. The quantitative estimate of drug-likeness (QED) is 0.698. The molecule has 0 aromatic rings. The lowest BCUT2D eigenvalue weighted by Gasteiger charge is -2.37. The standard InChI is InChI=1S/C16H34N2O/c1-4-17(5-2)13-10-14-18(6-3)15-16(19)11-8-7-9-12-16/h19H,4-15H2,1-3H3. The fourth-order valence-corrected chi connectivity index (χ4v) is 3.19. The number of aliphatic hydroxyl groups is 1. The molecule has 19 heavy (non-hydrogen) atoms. The molecule has 0 spiro atoms.